The van der Waals surface area contributed by atoms with Crippen LogP contribution in [-0.4, -0.2) is 14.9 Å². The van der Waals surface area contributed by atoms with E-state index in [2.05, 4.69) is 38.7 Å². The Balaban J connectivity index is 3.22. The molecule has 0 aromatic heterocycles. The molecule has 1 nitrogen and oxygen atoms in total. The topological polar surface area (TPSA) is 9.23 Å². The summed E-state index contributed by atoms with van der Waals surface area (Å²) in [7, 11) is -1.28. The van der Waals surface area contributed by atoms with Gasteiger partial charge in [0.25, 0.3) is 0 Å². The number of allylic oxidation sites excluding steroid dienone is 1. The first-order chi connectivity index (χ1) is 6.06. The highest BCUT2D eigenvalue weighted by atomic mass is 28.4. The Kier molecular flexibility index (Phi) is 7.29. The third-order valence-corrected chi connectivity index (χ3v) is 2.79. The molecule has 0 fully saturated rings. The van der Waals surface area contributed by atoms with Gasteiger partial charge in [-0.25, -0.2) is 0 Å². The van der Waals surface area contributed by atoms with Crippen LogP contribution in [0.3, 0.4) is 0 Å². The van der Waals surface area contributed by atoms with Crippen molar-refractivity contribution < 1.29 is 4.43 Å². The van der Waals surface area contributed by atoms with Gasteiger partial charge in [0.05, 0.1) is 6.61 Å². The first kappa shape index (κ1) is 12.9. The van der Waals surface area contributed by atoms with Crippen LogP contribution in [0.1, 0.15) is 32.6 Å². The Morgan fingerprint density at radius 1 is 1.08 bits per heavy atom. The van der Waals surface area contributed by atoms with Crippen LogP contribution in [0.25, 0.3) is 0 Å². The minimum absolute atomic E-state index is 0.807. The molecule has 0 aromatic rings. The summed E-state index contributed by atoms with van der Waals surface area (Å²) < 4.78 is 5.69. The van der Waals surface area contributed by atoms with Gasteiger partial charge in [0.2, 0.25) is 0 Å². The van der Waals surface area contributed by atoms with E-state index in [1.807, 2.05) is 0 Å². The molecular formula is C11H24OSi. The molecule has 0 unspecified atom stereocenters. The Labute approximate surface area is 84.3 Å². The summed E-state index contributed by atoms with van der Waals surface area (Å²) in [6, 6.07) is 0. The highest BCUT2D eigenvalue weighted by molar-refractivity contribution is 6.69. The Morgan fingerprint density at radius 3 is 2.31 bits per heavy atom. The van der Waals surface area contributed by atoms with Gasteiger partial charge >= 0.3 is 0 Å². The Hall–Kier alpha value is -0.0831. The molecule has 0 aliphatic carbocycles. The molecule has 0 amide bonds. The standard InChI is InChI=1S/C11H24OSi/c1-5-6-7-8-9-10-11-12-13(2,3)4/h9-10H,5-8,11H2,1-4H3/b10-9+. The molecule has 0 rings (SSSR count). The minimum atomic E-state index is -1.28. The van der Waals surface area contributed by atoms with E-state index in [4.69, 9.17) is 4.43 Å². The molecule has 0 saturated heterocycles. The lowest BCUT2D eigenvalue weighted by Gasteiger charge is -2.14. The summed E-state index contributed by atoms with van der Waals surface area (Å²) in [5, 5.41) is 0. The highest BCUT2D eigenvalue weighted by Crippen LogP contribution is 2.03. The first-order valence-electron chi connectivity index (χ1n) is 5.35. The number of hydrogen-bond acceptors (Lipinski definition) is 1. The SMILES string of the molecule is CCCCC/C=C/CO[Si](C)(C)C. The number of hydrogen-bond donors (Lipinski definition) is 0. The van der Waals surface area contributed by atoms with Crippen molar-refractivity contribution in [2.45, 2.75) is 52.2 Å². The van der Waals surface area contributed by atoms with Gasteiger partial charge in [-0.05, 0) is 32.5 Å². The maximum absolute atomic E-state index is 5.69. The fourth-order valence-electron chi connectivity index (χ4n) is 0.996. The lowest BCUT2D eigenvalue weighted by molar-refractivity contribution is 0.357. The summed E-state index contributed by atoms with van der Waals surface area (Å²) in [5.41, 5.74) is 0. The normalized spacial score (nSPS) is 12.6. The molecule has 78 valence electrons. The van der Waals surface area contributed by atoms with Crippen LogP contribution in [0.15, 0.2) is 12.2 Å². The van der Waals surface area contributed by atoms with Crippen molar-refractivity contribution in [3.63, 3.8) is 0 Å². The van der Waals surface area contributed by atoms with Gasteiger partial charge in [-0.15, -0.1) is 0 Å². The molecule has 2 heteroatoms. The zero-order valence-electron chi connectivity index (χ0n) is 9.60. The highest BCUT2D eigenvalue weighted by Gasteiger charge is 2.11. The predicted molar refractivity (Wildman–Crippen MR) is 62.6 cm³/mol. The van der Waals surface area contributed by atoms with Crippen molar-refractivity contribution in [1.29, 1.82) is 0 Å². The van der Waals surface area contributed by atoms with E-state index in [-0.39, 0.29) is 0 Å². The second-order valence-electron chi connectivity index (χ2n) is 4.39. The van der Waals surface area contributed by atoms with Gasteiger partial charge in [0.1, 0.15) is 0 Å². The lowest BCUT2D eigenvalue weighted by Crippen LogP contribution is -2.25. The molecule has 0 aliphatic rings. The van der Waals surface area contributed by atoms with Gasteiger partial charge in [0, 0.05) is 0 Å². The van der Waals surface area contributed by atoms with Gasteiger partial charge in [0.15, 0.2) is 8.32 Å². The predicted octanol–water partition coefficient (Wildman–Crippen LogP) is 3.97. The molecule has 0 saturated carbocycles. The van der Waals surface area contributed by atoms with Crippen molar-refractivity contribution >= 4 is 8.32 Å². The maximum Gasteiger partial charge on any atom is 0.184 e. The van der Waals surface area contributed by atoms with E-state index in [0.29, 0.717) is 0 Å². The van der Waals surface area contributed by atoms with E-state index in [0.717, 1.165) is 6.61 Å². The minimum Gasteiger partial charge on any atom is -0.414 e. The van der Waals surface area contributed by atoms with Crippen LogP contribution in [0.5, 0.6) is 0 Å². The van der Waals surface area contributed by atoms with Gasteiger partial charge in [-0.1, -0.05) is 31.9 Å². The largest absolute Gasteiger partial charge is 0.414 e. The van der Waals surface area contributed by atoms with E-state index in [9.17, 15) is 0 Å². The van der Waals surface area contributed by atoms with Crippen molar-refractivity contribution in [3.8, 4) is 0 Å². The molecule has 0 bridgehead atoms. The number of rotatable bonds is 7. The van der Waals surface area contributed by atoms with Crippen LogP contribution in [-0.2, 0) is 4.43 Å². The van der Waals surface area contributed by atoms with Gasteiger partial charge in [-0.2, -0.15) is 0 Å². The fraction of sp³-hybridized carbons (Fsp3) is 0.818. The summed E-state index contributed by atoms with van der Waals surface area (Å²) >= 11 is 0. The van der Waals surface area contributed by atoms with Crippen LogP contribution in [0, 0.1) is 0 Å². The second-order valence-corrected chi connectivity index (χ2v) is 8.90. The Bertz CT molecular complexity index is 136. The molecule has 0 aliphatic heterocycles. The average Bonchev–Trinajstić information content (AvgIpc) is 2.01. The van der Waals surface area contributed by atoms with E-state index >= 15 is 0 Å². The van der Waals surface area contributed by atoms with Crippen molar-refractivity contribution in [1.82, 2.24) is 0 Å². The molecular weight excluding hydrogens is 176 g/mol. The molecule has 0 radical (unpaired) electrons. The van der Waals surface area contributed by atoms with Crippen LogP contribution in [0.2, 0.25) is 19.6 Å². The summed E-state index contributed by atoms with van der Waals surface area (Å²) in [6.45, 7) is 9.70. The third-order valence-electron chi connectivity index (χ3n) is 1.75. The Morgan fingerprint density at radius 2 is 1.77 bits per heavy atom. The molecule has 0 heterocycles. The maximum atomic E-state index is 5.69. The number of unbranched alkanes of at least 4 members (excludes halogenated alkanes) is 3. The summed E-state index contributed by atoms with van der Waals surface area (Å²) in [4.78, 5) is 0. The van der Waals surface area contributed by atoms with Crippen molar-refractivity contribution in [2.75, 3.05) is 6.61 Å². The van der Waals surface area contributed by atoms with Gasteiger partial charge < -0.3 is 4.43 Å². The quantitative estimate of drug-likeness (QED) is 0.343. The average molecular weight is 200 g/mol. The van der Waals surface area contributed by atoms with Crippen molar-refractivity contribution in [3.05, 3.63) is 12.2 Å². The lowest BCUT2D eigenvalue weighted by atomic mass is 10.2. The second kappa shape index (κ2) is 7.33. The molecule has 0 N–H and O–H groups in total. The first-order valence-corrected chi connectivity index (χ1v) is 8.76. The zero-order valence-corrected chi connectivity index (χ0v) is 10.6. The van der Waals surface area contributed by atoms with Crippen LogP contribution in [0.4, 0.5) is 0 Å². The van der Waals surface area contributed by atoms with Crippen molar-refractivity contribution in [2.24, 2.45) is 0 Å². The monoisotopic (exact) mass is 200 g/mol. The third kappa shape index (κ3) is 11.9. The summed E-state index contributed by atoms with van der Waals surface area (Å²) in [5.74, 6) is 0. The molecule has 13 heavy (non-hydrogen) atoms. The van der Waals surface area contributed by atoms with E-state index < -0.39 is 8.32 Å². The van der Waals surface area contributed by atoms with Crippen LogP contribution < -0.4 is 0 Å². The fourth-order valence-corrected chi connectivity index (χ4v) is 1.59. The molecule has 0 spiro atoms. The zero-order chi connectivity index (χ0) is 10.2. The molecule has 0 atom stereocenters. The van der Waals surface area contributed by atoms with Gasteiger partial charge in [-0.3, -0.25) is 0 Å². The summed E-state index contributed by atoms with van der Waals surface area (Å²) in [6.07, 6.45) is 9.59. The van der Waals surface area contributed by atoms with E-state index in [1.54, 1.807) is 0 Å². The smallest absolute Gasteiger partial charge is 0.184 e. The van der Waals surface area contributed by atoms with E-state index in [1.165, 1.54) is 25.7 Å². The van der Waals surface area contributed by atoms with Crippen LogP contribution >= 0.6 is 0 Å². The molecule has 0 aromatic carbocycles.